The second-order valence-corrected chi connectivity index (χ2v) is 6.24. The molecule has 0 spiro atoms. The molecule has 0 radical (unpaired) electrons. The number of benzene rings is 2. The largest absolute Gasteiger partial charge is 0.396 e. The Kier molecular flexibility index (Phi) is 4.06. The van der Waals surface area contributed by atoms with Crippen LogP contribution in [0.25, 0.3) is 10.1 Å². The maximum Gasteiger partial charge on any atom is 0.0502 e. The third-order valence-electron chi connectivity index (χ3n) is 3.59. The molecule has 0 aliphatic carbocycles. The van der Waals surface area contributed by atoms with Gasteiger partial charge < -0.3 is 5.11 Å². The van der Waals surface area contributed by atoms with Gasteiger partial charge in [0.2, 0.25) is 0 Å². The van der Waals surface area contributed by atoms with Crippen molar-refractivity contribution in [1.82, 2.24) is 0 Å². The van der Waals surface area contributed by atoms with Crippen LogP contribution in [0.15, 0.2) is 53.9 Å². The Morgan fingerprint density at radius 2 is 1.80 bits per heavy atom. The summed E-state index contributed by atoms with van der Waals surface area (Å²) in [6.45, 7) is 0.145. The lowest BCUT2D eigenvalue weighted by Crippen LogP contribution is -2.07. The molecule has 1 heterocycles. The normalized spacial score (nSPS) is 12.7. The van der Waals surface area contributed by atoms with Gasteiger partial charge in [-0.25, -0.2) is 0 Å². The minimum atomic E-state index is 0.116. The predicted octanol–water partition coefficient (Wildman–Crippen LogP) is 4.87. The molecule has 2 aromatic carbocycles. The van der Waals surface area contributed by atoms with Gasteiger partial charge in [-0.1, -0.05) is 41.9 Å². The molecule has 0 amide bonds. The third kappa shape index (κ3) is 2.73. The molecule has 102 valence electrons. The number of hydrogen-bond acceptors (Lipinski definition) is 2. The Labute approximate surface area is 127 Å². The van der Waals surface area contributed by atoms with Crippen molar-refractivity contribution in [1.29, 1.82) is 0 Å². The third-order valence-corrected chi connectivity index (χ3v) is 4.85. The first-order valence-corrected chi connectivity index (χ1v) is 7.85. The Balaban J connectivity index is 1.89. The Hall–Kier alpha value is -1.35. The smallest absolute Gasteiger partial charge is 0.0502 e. The van der Waals surface area contributed by atoms with Crippen LogP contribution < -0.4 is 0 Å². The van der Waals surface area contributed by atoms with E-state index in [4.69, 9.17) is 11.6 Å². The van der Waals surface area contributed by atoms with Gasteiger partial charge in [0.15, 0.2) is 0 Å². The number of aliphatic hydroxyl groups is 1. The number of thiophene rings is 1. The summed E-state index contributed by atoms with van der Waals surface area (Å²) in [5, 5.41) is 13.9. The number of hydrogen-bond donors (Lipinski definition) is 1. The molecule has 1 N–H and O–H groups in total. The fraction of sp³-hybridized carbons (Fsp3) is 0.176. The van der Waals surface area contributed by atoms with Crippen molar-refractivity contribution >= 4 is 33.0 Å². The average Bonchev–Trinajstić information content (AvgIpc) is 2.89. The first-order valence-electron chi connectivity index (χ1n) is 6.59. The Morgan fingerprint density at radius 1 is 1.05 bits per heavy atom. The highest BCUT2D eigenvalue weighted by Gasteiger charge is 2.14. The lowest BCUT2D eigenvalue weighted by atomic mass is 9.92. The van der Waals surface area contributed by atoms with Gasteiger partial charge in [-0.15, -0.1) is 11.3 Å². The van der Waals surface area contributed by atoms with E-state index in [0.29, 0.717) is 0 Å². The number of halogens is 1. The maximum absolute atomic E-state index is 9.69. The van der Waals surface area contributed by atoms with Crippen molar-refractivity contribution < 1.29 is 5.11 Å². The van der Waals surface area contributed by atoms with E-state index in [1.54, 1.807) is 11.3 Å². The molecule has 3 aromatic rings. The number of aliphatic hydroxyl groups excluding tert-OH is 1. The quantitative estimate of drug-likeness (QED) is 0.728. The molecule has 0 aliphatic heterocycles. The molecule has 0 aliphatic rings. The van der Waals surface area contributed by atoms with Crippen LogP contribution in [0.3, 0.4) is 0 Å². The maximum atomic E-state index is 9.69. The van der Waals surface area contributed by atoms with Crippen molar-refractivity contribution in [2.24, 2.45) is 0 Å². The summed E-state index contributed by atoms with van der Waals surface area (Å²) in [4.78, 5) is 0. The molecule has 0 bridgehead atoms. The first-order chi connectivity index (χ1) is 9.78. The average molecular weight is 303 g/mol. The lowest BCUT2D eigenvalue weighted by molar-refractivity contribution is 0.264. The fourth-order valence-corrected chi connectivity index (χ4v) is 3.58. The van der Waals surface area contributed by atoms with Crippen molar-refractivity contribution in [3.8, 4) is 0 Å². The van der Waals surface area contributed by atoms with Crippen molar-refractivity contribution in [3.05, 3.63) is 70.1 Å². The van der Waals surface area contributed by atoms with E-state index in [2.05, 4.69) is 29.6 Å². The van der Waals surface area contributed by atoms with E-state index in [1.807, 2.05) is 24.3 Å². The van der Waals surface area contributed by atoms with Crippen LogP contribution in [0.4, 0.5) is 0 Å². The summed E-state index contributed by atoms with van der Waals surface area (Å²) < 4.78 is 1.30. The van der Waals surface area contributed by atoms with E-state index >= 15 is 0 Å². The summed E-state index contributed by atoms with van der Waals surface area (Å²) in [7, 11) is 0. The lowest BCUT2D eigenvalue weighted by Gasteiger charge is -2.14. The molecule has 0 saturated heterocycles. The fourth-order valence-electron chi connectivity index (χ4n) is 2.48. The highest BCUT2D eigenvalue weighted by molar-refractivity contribution is 7.17. The van der Waals surface area contributed by atoms with E-state index < -0.39 is 0 Å². The zero-order chi connectivity index (χ0) is 13.9. The van der Waals surface area contributed by atoms with Crippen LogP contribution in [0.1, 0.15) is 17.0 Å². The minimum Gasteiger partial charge on any atom is -0.396 e. The van der Waals surface area contributed by atoms with Crippen molar-refractivity contribution in [2.75, 3.05) is 6.61 Å². The molecular formula is C17H15ClOS. The Morgan fingerprint density at radius 3 is 2.55 bits per heavy atom. The highest BCUT2D eigenvalue weighted by Crippen LogP contribution is 2.30. The Bertz CT molecular complexity index is 702. The molecule has 3 rings (SSSR count). The summed E-state index contributed by atoms with van der Waals surface area (Å²) in [5.41, 5.74) is 2.44. The zero-order valence-corrected chi connectivity index (χ0v) is 12.5. The van der Waals surface area contributed by atoms with Crippen LogP contribution in [0.2, 0.25) is 5.02 Å². The van der Waals surface area contributed by atoms with E-state index in [9.17, 15) is 5.11 Å². The topological polar surface area (TPSA) is 20.2 Å². The van der Waals surface area contributed by atoms with Gasteiger partial charge in [0.25, 0.3) is 0 Å². The molecule has 1 nitrogen and oxygen atoms in total. The van der Waals surface area contributed by atoms with Gasteiger partial charge in [-0.3, -0.25) is 0 Å². The van der Waals surface area contributed by atoms with Crippen molar-refractivity contribution in [3.63, 3.8) is 0 Å². The van der Waals surface area contributed by atoms with Crippen LogP contribution >= 0.6 is 22.9 Å². The van der Waals surface area contributed by atoms with Crippen LogP contribution in [0, 0.1) is 0 Å². The minimum absolute atomic E-state index is 0.116. The van der Waals surface area contributed by atoms with Gasteiger partial charge in [-0.2, -0.15) is 0 Å². The van der Waals surface area contributed by atoms with E-state index in [0.717, 1.165) is 17.0 Å². The molecule has 1 atom stereocenters. The standard InChI is InChI=1S/C17H15ClOS/c18-15-7-5-12(6-8-15)13(10-19)9-14-11-20-17-4-2-1-3-16(14)17/h1-8,11,13,19H,9-10H2. The van der Waals surface area contributed by atoms with Crippen LogP contribution in [-0.4, -0.2) is 11.7 Å². The number of fused-ring (bicyclic) bond motifs is 1. The molecule has 1 aromatic heterocycles. The van der Waals surface area contributed by atoms with E-state index in [1.165, 1.54) is 15.6 Å². The highest BCUT2D eigenvalue weighted by atomic mass is 35.5. The molecule has 0 saturated carbocycles. The first kappa shape index (κ1) is 13.6. The second kappa shape index (κ2) is 5.96. The van der Waals surface area contributed by atoms with Gasteiger partial charge in [-0.05, 0) is 46.5 Å². The van der Waals surface area contributed by atoms with Crippen LogP contribution in [0.5, 0.6) is 0 Å². The molecule has 0 fully saturated rings. The molecule has 20 heavy (non-hydrogen) atoms. The SMILES string of the molecule is OCC(Cc1csc2ccccc12)c1ccc(Cl)cc1. The summed E-state index contributed by atoms with van der Waals surface area (Å²) in [5.74, 6) is 0.116. The summed E-state index contributed by atoms with van der Waals surface area (Å²) >= 11 is 7.68. The molecule has 3 heteroatoms. The molecular weight excluding hydrogens is 288 g/mol. The summed E-state index contributed by atoms with van der Waals surface area (Å²) in [6.07, 6.45) is 0.849. The van der Waals surface area contributed by atoms with Gasteiger partial charge >= 0.3 is 0 Å². The van der Waals surface area contributed by atoms with Gasteiger partial charge in [0, 0.05) is 15.6 Å². The predicted molar refractivity (Wildman–Crippen MR) is 86.8 cm³/mol. The van der Waals surface area contributed by atoms with Crippen molar-refractivity contribution in [2.45, 2.75) is 12.3 Å². The summed E-state index contributed by atoms with van der Waals surface area (Å²) in [6, 6.07) is 16.2. The van der Waals surface area contributed by atoms with Gasteiger partial charge in [0.1, 0.15) is 0 Å². The monoisotopic (exact) mass is 302 g/mol. The van der Waals surface area contributed by atoms with Gasteiger partial charge in [0.05, 0.1) is 6.61 Å². The zero-order valence-electron chi connectivity index (χ0n) is 10.9. The second-order valence-electron chi connectivity index (χ2n) is 4.89. The van der Waals surface area contributed by atoms with Crippen LogP contribution in [-0.2, 0) is 6.42 Å². The molecule has 1 unspecified atom stereocenters. The van der Waals surface area contributed by atoms with E-state index in [-0.39, 0.29) is 12.5 Å². The number of rotatable bonds is 4.